The highest BCUT2D eigenvalue weighted by molar-refractivity contribution is 6.30. The second kappa shape index (κ2) is 10.6. The molecule has 0 amide bonds. The van der Waals surface area contributed by atoms with Crippen molar-refractivity contribution in [1.29, 1.82) is 0 Å². The van der Waals surface area contributed by atoms with Crippen LogP contribution in [0.4, 0.5) is 0 Å². The van der Waals surface area contributed by atoms with Crippen molar-refractivity contribution in [1.82, 2.24) is 15.5 Å². The van der Waals surface area contributed by atoms with E-state index in [4.69, 9.17) is 11.6 Å². The van der Waals surface area contributed by atoms with E-state index >= 15 is 0 Å². The first-order chi connectivity index (χ1) is 11.7. The number of rotatable bonds is 7. The highest BCUT2D eigenvalue weighted by Gasteiger charge is 2.18. The Bertz CT molecular complexity index is 493. The van der Waals surface area contributed by atoms with Gasteiger partial charge in [-0.15, -0.1) is 0 Å². The number of halogens is 1. The third-order valence-electron chi connectivity index (χ3n) is 4.48. The summed E-state index contributed by atoms with van der Waals surface area (Å²) in [5.41, 5.74) is 1.17. The average Bonchev–Trinajstić information content (AvgIpc) is 2.60. The van der Waals surface area contributed by atoms with Gasteiger partial charge in [-0.1, -0.05) is 30.7 Å². The number of hydrogen-bond acceptors (Lipinski definition) is 2. The van der Waals surface area contributed by atoms with Crippen molar-refractivity contribution in [3.8, 4) is 0 Å². The maximum absolute atomic E-state index is 5.93. The van der Waals surface area contributed by atoms with E-state index in [1.807, 2.05) is 24.3 Å². The minimum absolute atomic E-state index is 0.668. The molecule has 134 valence electrons. The topological polar surface area (TPSA) is 39.7 Å². The molecule has 1 aromatic carbocycles. The molecule has 0 spiro atoms. The van der Waals surface area contributed by atoms with E-state index in [0.29, 0.717) is 6.54 Å². The fraction of sp³-hybridized carbons (Fsp3) is 0.632. The van der Waals surface area contributed by atoms with Crippen LogP contribution in [-0.2, 0) is 6.54 Å². The van der Waals surface area contributed by atoms with Crippen LogP contribution in [0.15, 0.2) is 29.3 Å². The molecule has 1 fully saturated rings. The fourth-order valence-corrected chi connectivity index (χ4v) is 3.20. The number of likely N-dealkylation sites (tertiary alicyclic amines) is 1. The molecule has 0 bridgehead atoms. The predicted octanol–water partition coefficient (Wildman–Crippen LogP) is 3.52. The molecule has 5 heteroatoms. The molecule has 1 saturated heterocycles. The average molecular weight is 351 g/mol. The number of benzene rings is 1. The lowest BCUT2D eigenvalue weighted by Gasteiger charge is -2.32. The number of nitrogens with zero attached hydrogens (tertiary/aromatic N) is 2. The monoisotopic (exact) mass is 350 g/mol. The third kappa shape index (κ3) is 6.70. The van der Waals surface area contributed by atoms with Gasteiger partial charge in [-0.2, -0.15) is 0 Å². The summed E-state index contributed by atoms with van der Waals surface area (Å²) in [6.07, 6.45) is 3.82. The summed E-state index contributed by atoms with van der Waals surface area (Å²) in [4.78, 5) is 7.26. The lowest BCUT2D eigenvalue weighted by Crippen LogP contribution is -2.43. The second-order valence-electron chi connectivity index (χ2n) is 6.49. The fourth-order valence-electron chi connectivity index (χ4n) is 3.07. The van der Waals surface area contributed by atoms with Crippen LogP contribution in [0.5, 0.6) is 0 Å². The number of guanidine groups is 1. The molecule has 2 rings (SSSR count). The van der Waals surface area contributed by atoms with Gasteiger partial charge in [-0.05, 0) is 69.4 Å². The minimum Gasteiger partial charge on any atom is -0.357 e. The number of piperidine rings is 1. The molecule has 1 aliphatic rings. The zero-order valence-corrected chi connectivity index (χ0v) is 15.8. The Kier molecular flexibility index (Phi) is 8.40. The molecule has 0 unspecified atom stereocenters. The van der Waals surface area contributed by atoms with Crippen LogP contribution in [0.2, 0.25) is 5.02 Å². The molecule has 0 saturated carbocycles. The van der Waals surface area contributed by atoms with Crippen LogP contribution < -0.4 is 10.6 Å². The van der Waals surface area contributed by atoms with Crippen molar-refractivity contribution < 1.29 is 0 Å². The summed E-state index contributed by atoms with van der Waals surface area (Å²) < 4.78 is 0. The molecule has 24 heavy (non-hydrogen) atoms. The Labute approximate surface area is 151 Å². The summed E-state index contributed by atoms with van der Waals surface area (Å²) in [5, 5.41) is 7.61. The summed E-state index contributed by atoms with van der Waals surface area (Å²) >= 11 is 5.93. The molecule has 2 N–H and O–H groups in total. The SMILES string of the molecule is CCCN1CCC(CNC(=NCc2ccc(Cl)cc2)NCC)CC1. The number of aliphatic imine (C=N–C) groups is 1. The first-order valence-corrected chi connectivity index (χ1v) is 9.58. The smallest absolute Gasteiger partial charge is 0.191 e. The third-order valence-corrected chi connectivity index (χ3v) is 4.73. The van der Waals surface area contributed by atoms with Crippen molar-refractivity contribution >= 4 is 17.6 Å². The summed E-state index contributed by atoms with van der Waals surface area (Å²) in [6, 6.07) is 7.88. The molecular formula is C19H31ClN4. The van der Waals surface area contributed by atoms with Crippen LogP contribution in [0, 0.1) is 5.92 Å². The van der Waals surface area contributed by atoms with Gasteiger partial charge in [0, 0.05) is 18.1 Å². The van der Waals surface area contributed by atoms with Gasteiger partial charge in [-0.3, -0.25) is 0 Å². The van der Waals surface area contributed by atoms with E-state index in [1.54, 1.807) is 0 Å². The standard InChI is InChI=1S/C19H31ClN4/c1-3-11-24-12-9-17(10-13-24)15-23-19(21-4-2)22-14-16-5-7-18(20)8-6-16/h5-8,17H,3-4,9-15H2,1-2H3,(H2,21,22,23). The summed E-state index contributed by atoms with van der Waals surface area (Å²) in [7, 11) is 0. The maximum atomic E-state index is 5.93. The zero-order chi connectivity index (χ0) is 17.2. The molecule has 1 heterocycles. The van der Waals surface area contributed by atoms with Crippen molar-refractivity contribution in [2.75, 3.05) is 32.7 Å². The van der Waals surface area contributed by atoms with Gasteiger partial charge in [0.05, 0.1) is 6.54 Å². The van der Waals surface area contributed by atoms with Gasteiger partial charge in [0.25, 0.3) is 0 Å². The van der Waals surface area contributed by atoms with Crippen LogP contribution in [0.1, 0.15) is 38.7 Å². The molecule has 0 radical (unpaired) electrons. The van der Waals surface area contributed by atoms with E-state index in [0.717, 1.165) is 30.0 Å². The van der Waals surface area contributed by atoms with E-state index < -0.39 is 0 Å². The number of hydrogen-bond donors (Lipinski definition) is 2. The normalized spacial score (nSPS) is 17.0. The molecule has 1 aromatic rings. The Morgan fingerprint density at radius 1 is 1.17 bits per heavy atom. The van der Waals surface area contributed by atoms with Crippen molar-refractivity contribution in [2.45, 2.75) is 39.7 Å². The number of nitrogens with one attached hydrogen (secondary N) is 2. The largest absolute Gasteiger partial charge is 0.357 e. The lowest BCUT2D eigenvalue weighted by molar-refractivity contribution is 0.185. The summed E-state index contributed by atoms with van der Waals surface area (Å²) in [6.45, 7) is 10.6. The van der Waals surface area contributed by atoms with Crippen molar-refractivity contribution in [3.05, 3.63) is 34.9 Å². The van der Waals surface area contributed by atoms with Crippen LogP contribution in [0.3, 0.4) is 0 Å². The van der Waals surface area contributed by atoms with Crippen molar-refractivity contribution in [3.63, 3.8) is 0 Å². The van der Waals surface area contributed by atoms with Gasteiger partial charge >= 0.3 is 0 Å². The van der Waals surface area contributed by atoms with Gasteiger partial charge < -0.3 is 15.5 Å². The van der Waals surface area contributed by atoms with Gasteiger partial charge in [0.2, 0.25) is 0 Å². The van der Waals surface area contributed by atoms with Gasteiger partial charge in [0.1, 0.15) is 0 Å². The Morgan fingerprint density at radius 3 is 2.50 bits per heavy atom. The highest BCUT2D eigenvalue weighted by Crippen LogP contribution is 2.16. The molecule has 4 nitrogen and oxygen atoms in total. The Balaban J connectivity index is 1.78. The first kappa shape index (κ1) is 19.1. The second-order valence-corrected chi connectivity index (χ2v) is 6.92. The van der Waals surface area contributed by atoms with E-state index in [1.165, 1.54) is 44.5 Å². The molecular weight excluding hydrogens is 320 g/mol. The van der Waals surface area contributed by atoms with E-state index in [2.05, 4.69) is 34.4 Å². The van der Waals surface area contributed by atoms with E-state index in [9.17, 15) is 0 Å². The quantitative estimate of drug-likeness (QED) is 0.584. The maximum Gasteiger partial charge on any atom is 0.191 e. The predicted molar refractivity (Wildman–Crippen MR) is 104 cm³/mol. The molecule has 0 aliphatic carbocycles. The van der Waals surface area contributed by atoms with Crippen LogP contribution in [-0.4, -0.2) is 43.6 Å². The van der Waals surface area contributed by atoms with Crippen LogP contribution >= 0.6 is 11.6 Å². The van der Waals surface area contributed by atoms with Crippen molar-refractivity contribution in [2.24, 2.45) is 10.9 Å². The molecule has 1 aliphatic heterocycles. The Morgan fingerprint density at radius 2 is 1.88 bits per heavy atom. The highest BCUT2D eigenvalue weighted by atomic mass is 35.5. The van der Waals surface area contributed by atoms with E-state index in [-0.39, 0.29) is 0 Å². The first-order valence-electron chi connectivity index (χ1n) is 9.20. The lowest BCUT2D eigenvalue weighted by atomic mass is 9.97. The summed E-state index contributed by atoms with van der Waals surface area (Å²) in [5.74, 6) is 1.65. The van der Waals surface area contributed by atoms with Gasteiger partial charge in [0.15, 0.2) is 5.96 Å². The molecule has 0 atom stereocenters. The molecule has 0 aromatic heterocycles. The minimum atomic E-state index is 0.668. The zero-order valence-electron chi connectivity index (χ0n) is 15.0. The Hall–Kier alpha value is -1.26. The van der Waals surface area contributed by atoms with Crippen LogP contribution in [0.25, 0.3) is 0 Å². The van der Waals surface area contributed by atoms with Gasteiger partial charge in [-0.25, -0.2) is 4.99 Å².